The predicted octanol–water partition coefficient (Wildman–Crippen LogP) is 2.99. The molecule has 0 spiro atoms. The quantitative estimate of drug-likeness (QED) is 0.346. The minimum absolute atomic E-state index is 0.323. The van der Waals surface area contributed by atoms with Gasteiger partial charge in [-0.2, -0.15) is 0 Å². The topological polar surface area (TPSA) is 43.1 Å². The van der Waals surface area contributed by atoms with Crippen molar-refractivity contribution < 1.29 is 9.31 Å². The van der Waals surface area contributed by atoms with Gasteiger partial charge in [0, 0.05) is 0 Å². The molecule has 6 heteroatoms. The maximum absolute atomic E-state index is 12.7. The fourth-order valence-corrected chi connectivity index (χ4v) is 1.72. The average Bonchev–Trinajstić information content (AvgIpc) is 1.97. The predicted molar refractivity (Wildman–Crippen MR) is 50.8 cm³/mol. The SMILES string of the molecule is O=[N+]([O-])c1c(I)ccc(F)c1Cl. The van der Waals surface area contributed by atoms with E-state index in [0.717, 1.165) is 6.07 Å². The number of hydrogen-bond donors (Lipinski definition) is 0. The van der Waals surface area contributed by atoms with Crippen molar-refractivity contribution in [1.29, 1.82) is 0 Å². The number of nitrogens with zero attached hydrogens (tertiary/aromatic N) is 1. The summed E-state index contributed by atoms with van der Waals surface area (Å²) in [7, 11) is 0. The molecule has 1 aromatic carbocycles. The van der Waals surface area contributed by atoms with E-state index >= 15 is 0 Å². The largest absolute Gasteiger partial charge is 0.304 e. The van der Waals surface area contributed by atoms with Gasteiger partial charge in [0.25, 0.3) is 0 Å². The summed E-state index contributed by atoms with van der Waals surface area (Å²) in [4.78, 5) is 9.64. The lowest BCUT2D eigenvalue weighted by Gasteiger charge is -1.97. The second-order valence-corrected chi connectivity index (χ2v) is 3.49. The minimum atomic E-state index is -0.774. The number of benzene rings is 1. The third kappa shape index (κ3) is 1.66. The van der Waals surface area contributed by atoms with Crippen LogP contribution in [0.25, 0.3) is 0 Å². The molecular formula is C6H2ClFINO2. The summed E-state index contributed by atoms with van der Waals surface area (Å²) in [6.07, 6.45) is 0. The molecule has 3 nitrogen and oxygen atoms in total. The Morgan fingerprint density at radius 3 is 2.58 bits per heavy atom. The zero-order valence-electron chi connectivity index (χ0n) is 5.55. The van der Waals surface area contributed by atoms with Crippen molar-refractivity contribution in [3.05, 3.63) is 36.7 Å². The van der Waals surface area contributed by atoms with Crippen LogP contribution in [0, 0.1) is 19.5 Å². The summed E-state index contributed by atoms with van der Waals surface area (Å²) in [5.41, 5.74) is -0.378. The number of nitro groups is 1. The van der Waals surface area contributed by atoms with E-state index in [1.165, 1.54) is 6.07 Å². The summed E-state index contributed by atoms with van der Waals surface area (Å²) in [5.74, 6) is -0.774. The molecule has 1 aromatic rings. The van der Waals surface area contributed by atoms with Crippen molar-refractivity contribution in [2.24, 2.45) is 0 Å². The van der Waals surface area contributed by atoms with Crippen LogP contribution in [0.5, 0.6) is 0 Å². The van der Waals surface area contributed by atoms with Gasteiger partial charge >= 0.3 is 5.69 Å². The van der Waals surface area contributed by atoms with Crippen molar-refractivity contribution >= 4 is 39.9 Å². The summed E-state index contributed by atoms with van der Waals surface area (Å²) >= 11 is 7.10. The van der Waals surface area contributed by atoms with E-state index in [1.807, 2.05) is 0 Å². The van der Waals surface area contributed by atoms with Gasteiger partial charge in [0.15, 0.2) is 5.02 Å². The second kappa shape index (κ2) is 3.53. The van der Waals surface area contributed by atoms with Gasteiger partial charge in [-0.25, -0.2) is 4.39 Å². The van der Waals surface area contributed by atoms with E-state index in [-0.39, 0.29) is 5.69 Å². The maximum Gasteiger partial charge on any atom is 0.304 e. The fraction of sp³-hybridized carbons (Fsp3) is 0. The lowest BCUT2D eigenvalue weighted by Crippen LogP contribution is -1.94. The highest BCUT2D eigenvalue weighted by molar-refractivity contribution is 14.1. The fourth-order valence-electron chi connectivity index (χ4n) is 0.684. The molecule has 1 rings (SSSR count). The molecule has 0 radical (unpaired) electrons. The highest BCUT2D eigenvalue weighted by Crippen LogP contribution is 2.31. The van der Waals surface area contributed by atoms with E-state index in [2.05, 4.69) is 0 Å². The molecular weight excluding hydrogens is 299 g/mol. The smallest absolute Gasteiger partial charge is 0.258 e. The average molecular weight is 301 g/mol. The molecule has 0 heterocycles. The lowest BCUT2D eigenvalue weighted by molar-refractivity contribution is -0.385. The Kier molecular flexibility index (Phi) is 2.84. The van der Waals surface area contributed by atoms with Crippen LogP contribution in [0.4, 0.5) is 10.1 Å². The third-order valence-corrected chi connectivity index (χ3v) is 2.43. The molecule has 0 saturated heterocycles. The van der Waals surface area contributed by atoms with Crippen LogP contribution in [-0.4, -0.2) is 4.92 Å². The monoisotopic (exact) mass is 301 g/mol. The van der Waals surface area contributed by atoms with Crippen molar-refractivity contribution in [2.75, 3.05) is 0 Å². The molecule has 0 unspecified atom stereocenters. The van der Waals surface area contributed by atoms with E-state index in [4.69, 9.17) is 11.6 Å². The molecule has 0 saturated carbocycles. The highest BCUT2D eigenvalue weighted by atomic mass is 127. The van der Waals surface area contributed by atoms with Gasteiger partial charge in [-0.05, 0) is 34.7 Å². The van der Waals surface area contributed by atoms with Gasteiger partial charge < -0.3 is 0 Å². The van der Waals surface area contributed by atoms with Crippen LogP contribution in [0.15, 0.2) is 12.1 Å². The maximum atomic E-state index is 12.7. The van der Waals surface area contributed by atoms with E-state index < -0.39 is 15.8 Å². The van der Waals surface area contributed by atoms with Crippen molar-refractivity contribution in [3.8, 4) is 0 Å². The second-order valence-electron chi connectivity index (χ2n) is 1.95. The number of halogens is 3. The molecule has 0 N–H and O–H groups in total. The van der Waals surface area contributed by atoms with Gasteiger partial charge in [-0.1, -0.05) is 11.6 Å². The van der Waals surface area contributed by atoms with Crippen LogP contribution in [-0.2, 0) is 0 Å². The van der Waals surface area contributed by atoms with Gasteiger partial charge in [-0.3, -0.25) is 10.1 Å². The third-order valence-electron chi connectivity index (χ3n) is 1.20. The summed E-state index contributed by atoms with van der Waals surface area (Å²) in [6.45, 7) is 0. The van der Waals surface area contributed by atoms with Crippen molar-refractivity contribution in [2.45, 2.75) is 0 Å². The van der Waals surface area contributed by atoms with Crippen molar-refractivity contribution in [1.82, 2.24) is 0 Å². The summed E-state index contributed by atoms with van der Waals surface area (Å²) in [6, 6.07) is 2.40. The minimum Gasteiger partial charge on any atom is -0.258 e. The van der Waals surface area contributed by atoms with Crippen LogP contribution in [0.3, 0.4) is 0 Å². The summed E-state index contributed by atoms with van der Waals surface area (Å²) < 4.78 is 13.0. The molecule has 0 aliphatic heterocycles. The molecule has 0 aliphatic carbocycles. The normalized spacial score (nSPS) is 9.92. The van der Waals surface area contributed by atoms with Crippen LogP contribution < -0.4 is 0 Å². The Balaban J connectivity index is 3.43. The standard InChI is InChI=1S/C6H2ClFINO2/c7-5-3(8)1-2-4(9)6(5)10(11)12/h1-2H. The van der Waals surface area contributed by atoms with Crippen molar-refractivity contribution in [3.63, 3.8) is 0 Å². The Morgan fingerprint density at radius 1 is 1.58 bits per heavy atom. The van der Waals surface area contributed by atoms with E-state index in [9.17, 15) is 14.5 Å². The molecule has 0 aliphatic rings. The first kappa shape index (κ1) is 9.66. The molecule has 0 fully saturated rings. The van der Waals surface area contributed by atoms with Crippen LogP contribution >= 0.6 is 34.2 Å². The Bertz CT molecular complexity index is 345. The lowest BCUT2D eigenvalue weighted by atomic mass is 10.3. The van der Waals surface area contributed by atoms with Gasteiger partial charge in [0.05, 0.1) is 8.49 Å². The zero-order chi connectivity index (χ0) is 9.30. The molecule has 0 aromatic heterocycles. The first-order valence-electron chi connectivity index (χ1n) is 2.82. The van der Waals surface area contributed by atoms with E-state index in [1.54, 1.807) is 22.6 Å². The van der Waals surface area contributed by atoms with Crippen LogP contribution in [0.2, 0.25) is 5.02 Å². The van der Waals surface area contributed by atoms with Gasteiger partial charge in [0.1, 0.15) is 5.82 Å². The highest BCUT2D eigenvalue weighted by Gasteiger charge is 2.20. The number of nitro benzene ring substituents is 1. The molecule has 0 amide bonds. The van der Waals surface area contributed by atoms with Crippen LogP contribution in [0.1, 0.15) is 0 Å². The molecule has 12 heavy (non-hydrogen) atoms. The summed E-state index contributed by atoms with van der Waals surface area (Å²) in [5, 5.41) is 9.91. The van der Waals surface area contributed by atoms with Gasteiger partial charge in [0.2, 0.25) is 0 Å². The first-order chi connectivity index (χ1) is 5.54. The first-order valence-corrected chi connectivity index (χ1v) is 4.27. The Morgan fingerprint density at radius 2 is 2.17 bits per heavy atom. The Labute approximate surface area is 85.8 Å². The van der Waals surface area contributed by atoms with E-state index in [0.29, 0.717) is 3.57 Å². The molecule has 64 valence electrons. The number of rotatable bonds is 1. The van der Waals surface area contributed by atoms with Gasteiger partial charge in [-0.15, -0.1) is 0 Å². The Hall–Kier alpha value is -0.430. The number of hydrogen-bond acceptors (Lipinski definition) is 2. The molecule has 0 bridgehead atoms. The molecule has 0 atom stereocenters. The zero-order valence-corrected chi connectivity index (χ0v) is 8.47.